The molecule has 10 nitrogen and oxygen atoms in total. The smallest absolute Gasteiger partial charge is 0.271 e. The zero-order valence-electron chi connectivity index (χ0n) is 22.4. The van der Waals surface area contributed by atoms with Crippen LogP contribution in [0.15, 0.2) is 40.2 Å². The molecule has 2 N–H and O–H groups in total. The van der Waals surface area contributed by atoms with E-state index in [9.17, 15) is 18.0 Å². The number of nitrogens with zero attached hydrogens (tertiary/aromatic N) is 3. The number of hydrogen-bond acceptors (Lipinski definition) is 8. The maximum absolute atomic E-state index is 12.9. The highest BCUT2D eigenvalue weighted by atomic mass is 35.5. The first kappa shape index (κ1) is 28.7. The SMILES string of the molecule is Cc1cc(S(=O)(=O)NCCOC2CCC(C=O)CC2)ccc1Nc1ncc2cc(Cl)c(=O)n(C3CCCC3)c2n1. The van der Waals surface area contributed by atoms with Crippen molar-refractivity contribution in [3.8, 4) is 0 Å². The minimum atomic E-state index is -3.73. The van der Waals surface area contributed by atoms with E-state index in [1.165, 1.54) is 6.07 Å². The van der Waals surface area contributed by atoms with Gasteiger partial charge in [0, 0.05) is 35.8 Å². The van der Waals surface area contributed by atoms with Gasteiger partial charge < -0.3 is 14.8 Å². The number of benzene rings is 1. The van der Waals surface area contributed by atoms with Crippen LogP contribution in [0.25, 0.3) is 11.0 Å². The molecule has 2 saturated carbocycles. The largest absolute Gasteiger partial charge is 0.377 e. The van der Waals surface area contributed by atoms with Gasteiger partial charge in [0.1, 0.15) is 17.0 Å². The van der Waals surface area contributed by atoms with Crippen LogP contribution in [0.5, 0.6) is 0 Å². The number of rotatable bonds is 10. The molecule has 2 aromatic heterocycles. The molecule has 3 aromatic rings. The predicted molar refractivity (Wildman–Crippen MR) is 154 cm³/mol. The Balaban J connectivity index is 1.25. The van der Waals surface area contributed by atoms with Gasteiger partial charge in [-0.15, -0.1) is 0 Å². The average molecular weight is 588 g/mol. The number of nitrogens with one attached hydrogen (secondary N) is 2. The summed E-state index contributed by atoms with van der Waals surface area (Å²) in [6.07, 6.45) is 9.89. The fourth-order valence-electron chi connectivity index (χ4n) is 5.59. The van der Waals surface area contributed by atoms with E-state index >= 15 is 0 Å². The first-order chi connectivity index (χ1) is 19.2. The second-order valence-corrected chi connectivity index (χ2v) is 12.8. The third-order valence-corrected chi connectivity index (χ3v) is 9.56. The van der Waals surface area contributed by atoms with Crippen molar-refractivity contribution in [3.63, 3.8) is 0 Å². The molecule has 0 aliphatic heterocycles. The summed E-state index contributed by atoms with van der Waals surface area (Å²) in [5.41, 5.74) is 1.62. The lowest BCUT2D eigenvalue weighted by molar-refractivity contribution is -0.112. The maximum Gasteiger partial charge on any atom is 0.271 e. The molecule has 0 saturated heterocycles. The summed E-state index contributed by atoms with van der Waals surface area (Å²) >= 11 is 6.22. The molecule has 0 spiro atoms. The molecule has 5 rings (SSSR count). The summed E-state index contributed by atoms with van der Waals surface area (Å²) in [5.74, 6) is 0.419. The third-order valence-electron chi connectivity index (χ3n) is 7.83. The maximum atomic E-state index is 12.9. The van der Waals surface area contributed by atoms with Crippen LogP contribution in [0.3, 0.4) is 0 Å². The van der Waals surface area contributed by atoms with Crippen LogP contribution in [-0.2, 0) is 19.6 Å². The molecular weight excluding hydrogens is 554 g/mol. The molecule has 2 fully saturated rings. The van der Waals surface area contributed by atoms with Gasteiger partial charge in [-0.05, 0) is 75.3 Å². The van der Waals surface area contributed by atoms with E-state index in [-0.39, 0.29) is 46.7 Å². The van der Waals surface area contributed by atoms with E-state index in [0.717, 1.165) is 57.7 Å². The Hall–Kier alpha value is -2.86. The number of aromatic nitrogens is 3. The molecule has 12 heteroatoms. The van der Waals surface area contributed by atoms with E-state index in [1.807, 2.05) is 0 Å². The highest BCUT2D eigenvalue weighted by Crippen LogP contribution is 2.31. The Kier molecular flexibility index (Phi) is 8.84. The van der Waals surface area contributed by atoms with Crippen molar-refractivity contribution in [3.05, 3.63) is 51.4 Å². The highest BCUT2D eigenvalue weighted by Gasteiger charge is 2.23. The van der Waals surface area contributed by atoms with Gasteiger partial charge in [0.05, 0.1) is 17.6 Å². The minimum Gasteiger partial charge on any atom is -0.377 e. The monoisotopic (exact) mass is 587 g/mol. The summed E-state index contributed by atoms with van der Waals surface area (Å²) in [5, 5.41) is 4.00. The number of pyridine rings is 1. The minimum absolute atomic E-state index is 0.0538. The second kappa shape index (κ2) is 12.3. The van der Waals surface area contributed by atoms with E-state index < -0.39 is 10.0 Å². The number of halogens is 1. The van der Waals surface area contributed by atoms with Crippen LogP contribution >= 0.6 is 11.6 Å². The summed E-state index contributed by atoms with van der Waals surface area (Å²) in [6, 6.07) is 6.43. The number of carbonyl (C=O) groups excluding carboxylic acids is 1. The number of anilines is 2. The Morgan fingerprint density at radius 2 is 1.88 bits per heavy atom. The quantitative estimate of drug-likeness (QED) is 0.258. The third kappa shape index (κ3) is 6.38. The predicted octanol–water partition coefficient (Wildman–Crippen LogP) is 4.66. The molecule has 0 atom stereocenters. The van der Waals surface area contributed by atoms with Crippen molar-refractivity contribution in [2.45, 2.75) is 75.3 Å². The molecule has 0 amide bonds. The molecule has 2 aliphatic rings. The summed E-state index contributed by atoms with van der Waals surface area (Å²) in [6.45, 7) is 2.23. The zero-order valence-corrected chi connectivity index (χ0v) is 24.0. The molecule has 2 heterocycles. The van der Waals surface area contributed by atoms with Gasteiger partial charge >= 0.3 is 0 Å². The first-order valence-corrected chi connectivity index (χ1v) is 15.6. The van der Waals surface area contributed by atoms with Crippen LogP contribution in [0.1, 0.15) is 63.0 Å². The summed E-state index contributed by atoms with van der Waals surface area (Å²) < 4.78 is 35.8. The van der Waals surface area contributed by atoms with Gasteiger partial charge in [-0.25, -0.2) is 18.1 Å². The Bertz CT molecular complexity index is 1550. The lowest BCUT2D eigenvalue weighted by Gasteiger charge is -2.25. The Labute approximate surface area is 238 Å². The van der Waals surface area contributed by atoms with Crippen LogP contribution in [0, 0.1) is 12.8 Å². The molecule has 0 radical (unpaired) electrons. The van der Waals surface area contributed by atoms with Gasteiger partial charge in [0.25, 0.3) is 5.56 Å². The second-order valence-electron chi connectivity index (χ2n) is 10.6. The number of carbonyl (C=O) groups is 1. The lowest BCUT2D eigenvalue weighted by atomic mass is 9.88. The molecule has 0 unspecified atom stereocenters. The van der Waals surface area contributed by atoms with Gasteiger partial charge in [-0.2, -0.15) is 4.98 Å². The van der Waals surface area contributed by atoms with Gasteiger partial charge in [-0.1, -0.05) is 24.4 Å². The average Bonchev–Trinajstić information content (AvgIpc) is 3.48. The molecular formula is C28H34ClN5O5S. The van der Waals surface area contributed by atoms with Crippen LogP contribution in [-0.4, -0.2) is 48.5 Å². The van der Waals surface area contributed by atoms with E-state index in [2.05, 4.69) is 20.0 Å². The standard InChI is InChI=1S/C28H34ClN5O5S/c1-18-14-23(40(37,38)31-12-13-39-22-8-6-19(17-35)7-9-22)10-11-25(18)32-28-30-16-20-15-24(29)27(36)34(26(20)33-28)21-4-2-3-5-21/h10-11,14-17,19,21-22,31H,2-9,12-13H2,1H3,(H,30,32,33). The van der Waals surface area contributed by atoms with Crippen molar-refractivity contribution in [2.75, 3.05) is 18.5 Å². The van der Waals surface area contributed by atoms with E-state index in [0.29, 0.717) is 28.2 Å². The number of hydrogen-bond donors (Lipinski definition) is 2. The zero-order chi connectivity index (χ0) is 28.3. The first-order valence-electron chi connectivity index (χ1n) is 13.8. The van der Waals surface area contributed by atoms with Gasteiger partial charge in [0.15, 0.2) is 0 Å². The number of aldehydes is 1. The fraction of sp³-hybridized carbons (Fsp3) is 0.500. The van der Waals surface area contributed by atoms with Crippen LogP contribution < -0.4 is 15.6 Å². The van der Waals surface area contributed by atoms with Crippen molar-refractivity contribution in [2.24, 2.45) is 5.92 Å². The fourth-order valence-corrected chi connectivity index (χ4v) is 6.89. The number of sulfonamides is 1. The van der Waals surface area contributed by atoms with Gasteiger partial charge in [0.2, 0.25) is 16.0 Å². The number of fused-ring (bicyclic) bond motifs is 1. The summed E-state index contributed by atoms with van der Waals surface area (Å²) in [7, 11) is -3.73. The number of ether oxygens (including phenoxy) is 1. The van der Waals surface area contributed by atoms with Crippen molar-refractivity contribution >= 4 is 50.6 Å². The Morgan fingerprint density at radius 3 is 2.58 bits per heavy atom. The normalized spacial score (nSPS) is 20.1. The Morgan fingerprint density at radius 1 is 1.12 bits per heavy atom. The molecule has 214 valence electrons. The molecule has 2 aliphatic carbocycles. The highest BCUT2D eigenvalue weighted by molar-refractivity contribution is 7.89. The van der Waals surface area contributed by atoms with Gasteiger partial charge in [-0.3, -0.25) is 9.36 Å². The van der Waals surface area contributed by atoms with E-state index in [4.69, 9.17) is 16.3 Å². The molecule has 0 bridgehead atoms. The van der Waals surface area contributed by atoms with Crippen LogP contribution in [0.4, 0.5) is 11.6 Å². The number of aryl methyl sites for hydroxylation is 1. The summed E-state index contributed by atoms with van der Waals surface area (Å²) in [4.78, 5) is 33.0. The lowest BCUT2D eigenvalue weighted by Crippen LogP contribution is -2.30. The molecule has 1 aromatic carbocycles. The van der Waals surface area contributed by atoms with Crippen molar-refractivity contribution < 1.29 is 17.9 Å². The van der Waals surface area contributed by atoms with Crippen LogP contribution in [0.2, 0.25) is 5.02 Å². The molecule has 40 heavy (non-hydrogen) atoms. The van der Waals surface area contributed by atoms with E-state index in [1.54, 1.807) is 35.9 Å². The topological polar surface area (TPSA) is 132 Å². The van der Waals surface area contributed by atoms with Crippen molar-refractivity contribution in [1.82, 2.24) is 19.3 Å². The van der Waals surface area contributed by atoms with Crippen molar-refractivity contribution in [1.29, 1.82) is 0 Å².